The largest absolute Gasteiger partial charge is 0.331 e. The number of nitrogens with zero attached hydrogens (tertiary/aromatic N) is 2. The van der Waals surface area contributed by atoms with Crippen molar-refractivity contribution in [3.8, 4) is 11.1 Å². The first-order valence-electron chi connectivity index (χ1n) is 9.50. The molecule has 3 heteroatoms. The number of pyridine rings is 1. The van der Waals surface area contributed by atoms with E-state index in [0.717, 1.165) is 28.8 Å². The third kappa shape index (κ3) is 2.97. The summed E-state index contributed by atoms with van der Waals surface area (Å²) in [5.74, 6) is 0.883. The Morgan fingerprint density at radius 3 is 2.68 bits per heavy atom. The van der Waals surface area contributed by atoms with Crippen molar-refractivity contribution in [2.24, 2.45) is 5.92 Å². The molecule has 0 radical (unpaired) electrons. The maximum absolute atomic E-state index is 13.1. The predicted octanol–water partition coefficient (Wildman–Crippen LogP) is 4.98. The van der Waals surface area contributed by atoms with Crippen molar-refractivity contribution in [1.82, 2.24) is 9.88 Å². The lowest BCUT2D eigenvalue weighted by molar-refractivity contribution is 0.0623. The first-order chi connectivity index (χ1) is 12.1. The number of rotatable bonds is 3. The highest BCUT2D eigenvalue weighted by atomic mass is 16.2. The molecular formula is C22H26N2O. The number of amides is 1. The second kappa shape index (κ2) is 6.62. The molecule has 1 aliphatic carbocycles. The lowest BCUT2D eigenvalue weighted by atomic mass is 9.84. The number of hydrogen-bond acceptors (Lipinski definition) is 2. The Morgan fingerprint density at radius 1 is 1.16 bits per heavy atom. The summed E-state index contributed by atoms with van der Waals surface area (Å²) in [5, 5.41) is 0. The van der Waals surface area contributed by atoms with Gasteiger partial charge in [0.15, 0.2) is 0 Å². The molecule has 25 heavy (non-hydrogen) atoms. The maximum Gasteiger partial charge on any atom is 0.255 e. The van der Waals surface area contributed by atoms with Crippen LogP contribution in [0.15, 0.2) is 36.7 Å². The Kier molecular flexibility index (Phi) is 4.32. The van der Waals surface area contributed by atoms with Crippen molar-refractivity contribution in [2.45, 2.75) is 58.5 Å². The number of aromatic nitrogens is 1. The van der Waals surface area contributed by atoms with E-state index in [2.05, 4.69) is 41.9 Å². The lowest BCUT2D eigenvalue weighted by Crippen LogP contribution is -2.39. The van der Waals surface area contributed by atoms with Crippen LogP contribution in [0, 0.1) is 12.8 Å². The Bertz CT molecular complexity index is 778. The van der Waals surface area contributed by atoms with Crippen LogP contribution in [0.3, 0.4) is 0 Å². The molecule has 1 saturated carbocycles. The fraction of sp³-hybridized carbons (Fsp3) is 0.455. The third-order valence-corrected chi connectivity index (χ3v) is 6.05. The quantitative estimate of drug-likeness (QED) is 0.793. The molecule has 130 valence electrons. The average molecular weight is 334 g/mol. The molecule has 1 fully saturated rings. The second-order valence-corrected chi connectivity index (χ2v) is 7.64. The molecule has 2 heterocycles. The van der Waals surface area contributed by atoms with Crippen LogP contribution in [0.2, 0.25) is 0 Å². The Morgan fingerprint density at radius 2 is 1.96 bits per heavy atom. The summed E-state index contributed by atoms with van der Waals surface area (Å²) in [7, 11) is 0. The van der Waals surface area contributed by atoms with Crippen molar-refractivity contribution < 1.29 is 4.79 Å². The minimum absolute atomic E-state index is 0.225. The SMILES string of the molecule is Cc1cc(-c2cccnc2)cc2c1C(=O)N([C@@H](C)C1CCCCC1)C2. The molecule has 2 aromatic rings. The molecule has 1 aliphatic heterocycles. The summed E-state index contributed by atoms with van der Waals surface area (Å²) in [6, 6.07) is 8.68. The molecule has 0 spiro atoms. The number of aryl methyl sites for hydroxylation is 1. The molecule has 0 N–H and O–H groups in total. The van der Waals surface area contributed by atoms with Gasteiger partial charge in [0.1, 0.15) is 0 Å². The fourth-order valence-corrected chi connectivity index (χ4v) is 4.59. The Hall–Kier alpha value is -2.16. The van der Waals surface area contributed by atoms with Gasteiger partial charge < -0.3 is 4.90 Å². The molecular weight excluding hydrogens is 308 g/mol. The summed E-state index contributed by atoms with van der Waals surface area (Å²) in [4.78, 5) is 19.4. The van der Waals surface area contributed by atoms with E-state index in [9.17, 15) is 4.79 Å². The maximum atomic E-state index is 13.1. The molecule has 4 rings (SSSR count). The standard InChI is InChI=1S/C22H26N2O/c1-15-11-19(18-9-6-10-23-13-18)12-20-14-24(22(25)21(15)20)16(2)17-7-4-3-5-8-17/h6,9-13,16-17H,3-5,7-8,14H2,1-2H3/t16-/m0/s1. The molecule has 3 nitrogen and oxygen atoms in total. The summed E-state index contributed by atoms with van der Waals surface area (Å²) in [5.41, 5.74) is 5.45. The highest BCUT2D eigenvalue weighted by Crippen LogP contribution is 2.36. The van der Waals surface area contributed by atoms with Gasteiger partial charge >= 0.3 is 0 Å². The van der Waals surface area contributed by atoms with E-state index < -0.39 is 0 Å². The zero-order valence-corrected chi connectivity index (χ0v) is 15.2. The summed E-state index contributed by atoms with van der Waals surface area (Å²) < 4.78 is 0. The normalized spacial score (nSPS) is 19.1. The lowest BCUT2D eigenvalue weighted by Gasteiger charge is -2.34. The molecule has 0 unspecified atom stereocenters. The van der Waals surface area contributed by atoms with E-state index in [1.165, 1.54) is 37.7 Å². The van der Waals surface area contributed by atoms with Crippen LogP contribution in [-0.4, -0.2) is 21.8 Å². The van der Waals surface area contributed by atoms with Gasteiger partial charge in [-0.2, -0.15) is 0 Å². The number of carbonyl (C=O) groups excluding carboxylic acids is 1. The Labute approximate surface area is 150 Å². The monoisotopic (exact) mass is 334 g/mol. The molecule has 1 atom stereocenters. The fourth-order valence-electron chi connectivity index (χ4n) is 4.59. The molecule has 2 aliphatic rings. The van der Waals surface area contributed by atoms with Crippen LogP contribution in [0.25, 0.3) is 11.1 Å². The number of benzene rings is 1. The van der Waals surface area contributed by atoms with Crippen LogP contribution in [-0.2, 0) is 6.54 Å². The molecule has 1 aromatic carbocycles. The van der Waals surface area contributed by atoms with Crippen molar-refractivity contribution in [1.29, 1.82) is 0 Å². The van der Waals surface area contributed by atoms with Gasteiger partial charge in [-0.15, -0.1) is 0 Å². The molecule has 1 aromatic heterocycles. The van der Waals surface area contributed by atoms with Gasteiger partial charge in [-0.3, -0.25) is 9.78 Å². The van der Waals surface area contributed by atoms with E-state index in [1.807, 2.05) is 12.3 Å². The highest BCUT2D eigenvalue weighted by Gasteiger charge is 2.35. The second-order valence-electron chi connectivity index (χ2n) is 7.64. The van der Waals surface area contributed by atoms with Crippen molar-refractivity contribution >= 4 is 5.91 Å². The average Bonchev–Trinajstić information content (AvgIpc) is 2.99. The van der Waals surface area contributed by atoms with Crippen molar-refractivity contribution in [3.63, 3.8) is 0 Å². The van der Waals surface area contributed by atoms with Crippen LogP contribution < -0.4 is 0 Å². The van der Waals surface area contributed by atoms with E-state index in [0.29, 0.717) is 12.0 Å². The minimum Gasteiger partial charge on any atom is -0.331 e. The zero-order chi connectivity index (χ0) is 17.4. The van der Waals surface area contributed by atoms with E-state index in [1.54, 1.807) is 6.20 Å². The first-order valence-corrected chi connectivity index (χ1v) is 9.50. The third-order valence-electron chi connectivity index (χ3n) is 6.05. The highest BCUT2D eigenvalue weighted by molar-refractivity contribution is 6.00. The summed E-state index contributed by atoms with van der Waals surface area (Å²) in [6.45, 7) is 5.06. The van der Waals surface area contributed by atoms with Crippen LogP contribution >= 0.6 is 0 Å². The topological polar surface area (TPSA) is 33.2 Å². The van der Waals surface area contributed by atoms with Crippen LogP contribution in [0.5, 0.6) is 0 Å². The smallest absolute Gasteiger partial charge is 0.255 e. The van der Waals surface area contributed by atoms with E-state index in [-0.39, 0.29) is 5.91 Å². The van der Waals surface area contributed by atoms with Gasteiger partial charge in [-0.25, -0.2) is 0 Å². The predicted molar refractivity (Wildman–Crippen MR) is 100 cm³/mol. The van der Waals surface area contributed by atoms with Crippen molar-refractivity contribution in [3.05, 3.63) is 53.3 Å². The van der Waals surface area contributed by atoms with Gasteiger partial charge in [-0.1, -0.05) is 31.4 Å². The van der Waals surface area contributed by atoms with Crippen molar-refractivity contribution in [2.75, 3.05) is 0 Å². The Balaban J connectivity index is 1.63. The van der Waals surface area contributed by atoms with E-state index >= 15 is 0 Å². The first kappa shape index (κ1) is 16.3. The van der Waals surface area contributed by atoms with Crippen LogP contribution in [0.1, 0.15) is 60.5 Å². The van der Waals surface area contributed by atoms with Gasteiger partial charge in [-0.05, 0) is 61.4 Å². The summed E-state index contributed by atoms with van der Waals surface area (Å²) in [6.07, 6.45) is 10.2. The molecule has 1 amide bonds. The van der Waals surface area contributed by atoms with Gasteiger partial charge in [0, 0.05) is 36.1 Å². The van der Waals surface area contributed by atoms with Crippen LogP contribution in [0.4, 0.5) is 0 Å². The molecule has 0 bridgehead atoms. The number of carbonyl (C=O) groups is 1. The summed E-state index contributed by atoms with van der Waals surface area (Å²) >= 11 is 0. The minimum atomic E-state index is 0.225. The number of hydrogen-bond donors (Lipinski definition) is 0. The van der Waals surface area contributed by atoms with E-state index in [4.69, 9.17) is 0 Å². The van der Waals surface area contributed by atoms with Gasteiger partial charge in [0.05, 0.1) is 0 Å². The molecule has 0 saturated heterocycles. The van der Waals surface area contributed by atoms with Gasteiger partial charge in [0.2, 0.25) is 0 Å². The van der Waals surface area contributed by atoms with Gasteiger partial charge in [0.25, 0.3) is 5.91 Å². The zero-order valence-electron chi connectivity index (χ0n) is 15.2. The number of fused-ring (bicyclic) bond motifs is 1.